The molecule has 0 spiro atoms. The topological polar surface area (TPSA) is 63.2 Å². The van der Waals surface area contributed by atoms with E-state index in [1.165, 1.54) is 0 Å². The van der Waals surface area contributed by atoms with Crippen LogP contribution in [-0.4, -0.2) is 23.1 Å². The quantitative estimate of drug-likeness (QED) is 0.618. The molecule has 3 aromatic rings. The van der Waals surface area contributed by atoms with E-state index in [4.69, 9.17) is 17.0 Å². The number of benzene rings is 2. The fraction of sp³-hybridized carbons (Fsp3) is 0.250. The van der Waals surface area contributed by atoms with Crippen molar-refractivity contribution < 1.29 is 9.53 Å². The first-order valence-electron chi connectivity index (χ1n) is 8.44. The number of ether oxygens (including phenoxy) is 1. The zero-order valence-corrected chi connectivity index (χ0v) is 17.3. The second-order valence-corrected chi connectivity index (χ2v) is 8.50. The average molecular weight is 400 g/mol. The molecule has 140 valence electrons. The van der Waals surface area contributed by atoms with Crippen molar-refractivity contribution in [2.75, 3.05) is 12.4 Å². The van der Waals surface area contributed by atoms with Crippen molar-refractivity contribution in [1.82, 2.24) is 10.3 Å². The fourth-order valence-electron chi connectivity index (χ4n) is 2.38. The molecule has 0 saturated heterocycles. The maximum atomic E-state index is 12.1. The van der Waals surface area contributed by atoms with Crippen LogP contribution in [0.4, 0.5) is 5.69 Å². The summed E-state index contributed by atoms with van der Waals surface area (Å²) in [6.45, 7) is 5.50. The minimum Gasteiger partial charge on any atom is -0.495 e. The molecule has 0 bridgehead atoms. The number of hydrogen-bond donors (Lipinski definition) is 2. The van der Waals surface area contributed by atoms with Crippen LogP contribution in [0, 0.1) is 5.41 Å². The van der Waals surface area contributed by atoms with Crippen molar-refractivity contribution in [3.05, 3.63) is 42.5 Å². The van der Waals surface area contributed by atoms with Gasteiger partial charge in [-0.1, -0.05) is 32.9 Å². The number of anilines is 1. The number of carbonyl (C=O) groups is 1. The molecule has 0 radical (unpaired) electrons. The Kier molecular flexibility index (Phi) is 5.43. The number of methoxy groups -OCH3 is 1. The molecule has 0 unspecified atom stereocenters. The van der Waals surface area contributed by atoms with E-state index in [2.05, 4.69) is 21.7 Å². The number of amides is 1. The van der Waals surface area contributed by atoms with Crippen molar-refractivity contribution in [3.8, 4) is 16.3 Å². The molecule has 0 fully saturated rings. The Morgan fingerprint density at radius 2 is 1.93 bits per heavy atom. The Hall–Kier alpha value is -2.51. The van der Waals surface area contributed by atoms with Crippen molar-refractivity contribution in [1.29, 1.82) is 0 Å². The number of thiocarbonyl (C=S) groups is 1. The van der Waals surface area contributed by atoms with Gasteiger partial charge in [-0.2, -0.15) is 0 Å². The molecule has 1 aromatic heterocycles. The van der Waals surface area contributed by atoms with E-state index in [-0.39, 0.29) is 11.0 Å². The summed E-state index contributed by atoms with van der Waals surface area (Å²) in [5, 5.41) is 6.91. The molecule has 7 heteroatoms. The van der Waals surface area contributed by atoms with E-state index in [1.807, 2.05) is 57.2 Å². The smallest absolute Gasteiger partial charge is 0.231 e. The Morgan fingerprint density at radius 3 is 2.59 bits per heavy atom. The Balaban J connectivity index is 1.87. The highest BCUT2D eigenvalue weighted by Gasteiger charge is 2.22. The molecule has 3 rings (SSSR count). The van der Waals surface area contributed by atoms with Gasteiger partial charge in [0.1, 0.15) is 10.8 Å². The second-order valence-electron chi connectivity index (χ2n) is 7.06. The lowest BCUT2D eigenvalue weighted by atomic mass is 9.96. The minimum absolute atomic E-state index is 0.152. The first kappa shape index (κ1) is 19.3. The lowest BCUT2D eigenvalue weighted by Crippen LogP contribution is -2.41. The lowest BCUT2D eigenvalue weighted by molar-refractivity contribution is -0.126. The van der Waals surface area contributed by atoms with E-state index in [1.54, 1.807) is 18.4 Å². The molecule has 0 aliphatic rings. The van der Waals surface area contributed by atoms with Crippen LogP contribution in [0.15, 0.2) is 42.5 Å². The van der Waals surface area contributed by atoms with Crippen LogP contribution in [0.3, 0.4) is 0 Å². The summed E-state index contributed by atoms with van der Waals surface area (Å²) >= 11 is 6.91. The van der Waals surface area contributed by atoms with Gasteiger partial charge in [-0.25, -0.2) is 4.98 Å². The Bertz CT molecular complexity index is 973. The third-order valence-corrected chi connectivity index (χ3v) is 5.19. The van der Waals surface area contributed by atoms with Gasteiger partial charge in [-0.05, 0) is 42.5 Å². The highest BCUT2D eigenvalue weighted by Crippen LogP contribution is 2.34. The average Bonchev–Trinajstić information content (AvgIpc) is 3.05. The maximum absolute atomic E-state index is 12.1. The zero-order valence-electron chi connectivity index (χ0n) is 15.6. The SMILES string of the molecule is COc1ccc(-c2nc3ccccc3s2)cc1NC(=S)NC(=O)C(C)(C)C. The molecule has 27 heavy (non-hydrogen) atoms. The van der Waals surface area contributed by atoms with Crippen LogP contribution in [0.25, 0.3) is 20.8 Å². The molecule has 1 heterocycles. The number of nitrogens with one attached hydrogen (secondary N) is 2. The third-order valence-electron chi connectivity index (χ3n) is 3.90. The monoisotopic (exact) mass is 399 g/mol. The van der Waals surface area contributed by atoms with Gasteiger partial charge in [0.15, 0.2) is 5.11 Å². The summed E-state index contributed by atoms with van der Waals surface area (Å²) in [6, 6.07) is 13.8. The highest BCUT2D eigenvalue weighted by atomic mass is 32.1. The summed E-state index contributed by atoms with van der Waals surface area (Å²) in [5.41, 5.74) is 2.06. The van der Waals surface area contributed by atoms with Crippen LogP contribution in [0.5, 0.6) is 5.75 Å². The van der Waals surface area contributed by atoms with Crippen LogP contribution in [0.2, 0.25) is 0 Å². The summed E-state index contributed by atoms with van der Waals surface area (Å²) in [7, 11) is 1.59. The number of hydrogen-bond acceptors (Lipinski definition) is 5. The van der Waals surface area contributed by atoms with Crippen molar-refractivity contribution in [2.45, 2.75) is 20.8 Å². The Labute approximate surface area is 167 Å². The number of fused-ring (bicyclic) bond motifs is 1. The normalized spacial score (nSPS) is 11.3. The summed E-state index contributed by atoms with van der Waals surface area (Å²) in [6.07, 6.45) is 0. The van der Waals surface area contributed by atoms with Gasteiger partial charge >= 0.3 is 0 Å². The standard InChI is InChI=1S/C20H21N3O2S2/c1-20(2,3)18(24)23-19(26)22-14-11-12(9-10-15(14)25-4)17-21-13-7-5-6-8-16(13)27-17/h5-11H,1-4H3,(H2,22,23,24,26). The molecule has 2 N–H and O–H groups in total. The third kappa shape index (κ3) is 4.43. The molecule has 0 aliphatic heterocycles. The second kappa shape index (κ2) is 7.62. The van der Waals surface area contributed by atoms with Crippen molar-refractivity contribution in [2.24, 2.45) is 5.41 Å². The summed E-state index contributed by atoms with van der Waals surface area (Å²) in [5.74, 6) is 0.480. The molecule has 0 atom stereocenters. The van der Waals surface area contributed by atoms with Gasteiger partial charge in [0.2, 0.25) is 5.91 Å². The van der Waals surface area contributed by atoms with E-state index >= 15 is 0 Å². The van der Waals surface area contributed by atoms with Gasteiger partial charge in [0.25, 0.3) is 0 Å². The van der Waals surface area contributed by atoms with Crippen LogP contribution in [0.1, 0.15) is 20.8 Å². The lowest BCUT2D eigenvalue weighted by Gasteiger charge is -2.19. The first-order chi connectivity index (χ1) is 12.8. The number of nitrogens with zero attached hydrogens (tertiary/aromatic N) is 1. The molecular weight excluding hydrogens is 378 g/mol. The molecule has 1 amide bonds. The van der Waals surface area contributed by atoms with Crippen molar-refractivity contribution in [3.63, 3.8) is 0 Å². The van der Waals surface area contributed by atoms with E-state index in [0.29, 0.717) is 11.4 Å². The van der Waals surface area contributed by atoms with Crippen LogP contribution in [-0.2, 0) is 4.79 Å². The predicted molar refractivity (Wildman–Crippen MR) is 115 cm³/mol. The number of rotatable bonds is 3. The first-order valence-corrected chi connectivity index (χ1v) is 9.67. The molecule has 2 aromatic carbocycles. The van der Waals surface area contributed by atoms with Crippen molar-refractivity contribution >= 4 is 50.5 Å². The summed E-state index contributed by atoms with van der Waals surface area (Å²) in [4.78, 5) is 16.8. The van der Waals surface area contributed by atoms with Crippen LogP contribution >= 0.6 is 23.6 Å². The van der Waals surface area contributed by atoms with Gasteiger partial charge in [0, 0.05) is 11.0 Å². The summed E-state index contributed by atoms with van der Waals surface area (Å²) < 4.78 is 6.55. The van der Waals surface area contributed by atoms with Gasteiger partial charge < -0.3 is 15.4 Å². The maximum Gasteiger partial charge on any atom is 0.231 e. The molecule has 0 aliphatic carbocycles. The number of aromatic nitrogens is 1. The zero-order chi connectivity index (χ0) is 19.6. The predicted octanol–water partition coefficient (Wildman–Crippen LogP) is 4.83. The molecule has 5 nitrogen and oxygen atoms in total. The van der Waals surface area contributed by atoms with E-state index in [0.717, 1.165) is 20.8 Å². The fourth-order valence-corrected chi connectivity index (χ4v) is 3.54. The largest absolute Gasteiger partial charge is 0.495 e. The minimum atomic E-state index is -0.529. The van der Waals surface area contributed by atoms with E-state index in [9.17, 15) is 4.79 Å². The number of carbonyl (C=O) groups excluding carboxylic acids is 1. The number of para-hydroxylation sites is 1. The Morgan fingerprint density at radius 1 is 1.19 bits per heavy atom. The molecular formula is C20H21N3O2S2. The number of thiazole rings is 1. The highest BCUT2D eigenvalue weighted by molar-refractivity contribution is 7.80. The molecule has 0 saturated carbocycles. The van der Waals surface area contributed by atoms with Crippen LogP contribution < -0.4 is 15.4 Å². The van der Waals surface area contributed by atoms with Gasteiger partial charge in [-0.3, -0.25) is 4.79 Å². The van der Waals surface area contributed by atoms with E-state index < -0.39 is 5.41 Å². The van der Waals surface area contributed by atoms with Gasteiger partial charge in [-0.15, -0.1) is 11.3 Å². The van der Waals surface area contributed by atoms with Gasteiger partial charge in [0.05, 0.1) is 23.0 Å².